The molecule has 0 aromatic rings. The number of nitrogens with zero attached hydrogens (tertiary/aromatic N) is 1. The number of piperidine rings is 1. The lowest BCUT2D eigenvalue weighted by molar-refractivity contribution is 0.0687. The molecule has 2 N–H and O–H groups in total. The minimum absolute atomic E-state index is 0.697. The van der Waals surface area contributed by atoms with Crippen LogP contribution in [0.1, 0.15) is 19.8 Å². The van der Waals surface area contributed by atoms with Crippen molar-refractivity contribution in [1.29, 1.82) is 0 Å². The van der Waals surface area contributed by atoms with Crippen molar-refractivity contribution in [3.8, 4) is 0 Å². The van der Waals surface area contributed by atoms with Crippen LogP contribution in [0.25, 0.3) is 0 Å². The van der Waals surface area contributed by atoms with Gasteiger partial charge >= 0.3 is 0 Å². The van der Waals surface area contributed by atoms with Gasteiger partial charge in [-0.3, -0.25) is 0 Å². The van der Waals surface area contributed by atoms with E-state index in [0.29, 0.717) is 5.92 Å². The maximum Gasteiger partial charge on any atom is 0.0708 e. The smallest absolute Gasteiger partial charge is 0.0708 e. The summed E-state index contributed by atoms with van der Waals surface area (Å²) in [6, 6.07) is 0. The first-order valence-corrected chi connectivity index (χ1v) is 4.40. The molecule has 3 nitrogen and oxygen atoms in total. The summed E-state index contributed by atoms with van der Waals surface area (Å²) < 4.78 is 0. The summed E-state index contributed by atoms with van der Waals surface area (Å²) in [6.45, 7) is 6.54. The quantitative estimate of drug-likeness (QED) is 0.612. The van der Waals surface area contributed by atoms with E-state index in [2.05, 4.69) is 16.7 Å². The number of nitrogens with two attached hydrogens (primary N) is 1. The average molecular weight is 158 g/mol. The van der Waals surface area contributed by atoms with Crippen molar-refractivity contribution in [2.45, 2.75) is 19.8 Å². The number of hydrogen-bond acceptors (Lipinski definition) is 3. The molecule has 0 bridgehead atoms. The van der Waals surface area contributed by atoms with Gasteiger partial charge in [0.2, 0.25) is 0 Å². The van der Waals surface area contributed by atoms with Gasteiger partial charge in [0.15, 0.2) is 0 Å². The Morgan fingerprint density at radius 1 is 1.45 bits per heavy atom. The summed E-state index contributed by atoms with van der Waals surface area (Å²) in [5, 5.41) is 0. The van der Waals surface area contributed by atoms with Gasteiger partial charge in [-0.2, -0.15) is 0 Å². The van der Waals surface area contributed by atoms with E-state index in [0.717, 1.165) is 6.61 Å². The van der Waals surface area contributed by atoms with Gasteiger partial charge in [-0.1, -0.05) is 6.92 Å². The molecule has 3 heteroatoms. The van der Waals surface area contributed by atoms with E-state index in [1.165, 1.54) is 32.5 Å². The second-order valence-corrected chi connectivity index (χ2v) is 3.21. The molecule has 0 spiro atoms. The zero-order valence-electron chi connectivity index (χ0n) is 7.25. The van der Waals surface area contributed by atoms with E-state index >= 15 is 0 Å². The average Bonchev–Trinajstić information content (AvgIpc) is 2.07. The molecule has 0 radical (unpaired) electrons. The molecule has 11 heavy (non-hydrogen) atoms. The fraction of sp³-hybridized carbons (Fsp3) is 1.00. The Bertz CT molecular complexity index is 100. The highest BCUT2D eigenvalue weighted by atomic mass is 16.6. The number of rotatable bonds is 3. The monoisotopic (exact) mass is 158 g/mol. The van der Waals surface area contributed by atoms with Gasteiger partial charge in [0.25, 0.3) is 0 Å². The molecule has 1 rings (SSSR count). The maximum atomic E-state index is 5.01. The summed E-state index contributed by atoms with van der Waals surface area (Å²) in [5.41, 5.74) is 0. The third-order valence-corrected chi connectivity index (χ3v) is 2.49. The van der Waals surface area contributed by atoms with Gasteiger partial charge in [0, 0.05) is 0 Å². The van der Waals surface area contributed by atoms with E-state index in [1.807, 2.05) is 0 Å². The first kappa shape index (κ1) is 8.97. The Kier molecular flexibility index (Phi) is 3.83. The zero-order chi connectivity index (χ0) is 8.10. The molecule has 1 heterocycles. The molecule has 0 atom stereocenters. The van der Waals surface area contributed by atoms with E-state index in [9.17, 15) is 0 Å². The molecule has 66 valence electrons. The molecule has 0 saturated carbocycles. The Morgan fingerprint density at radius 3 is 2.55 bits per heavy atom. The molecule has 0 unspecified atom stereocenters. The van der Waals surface area contributed by atoms with E-state index in [-0.39, 0.29) is 0 Å². The Hall–Kier alpha value is -0.120. The van der Waals surface area contributed by atoms with Crippen LogP contribution in [0.2, 0.25) is 0 Å². The van der Waals surface area contributed by atoms with E-state index in [4.69, 9.17) is 5.90 Å². The van der Waals surface area contributed by atoms with Gasteiger partial charge in [-0.05, 0) is 38.4 Å². The number of likely N-dealkylation sites (tertiary alicyclic amines) is 1. The van der Waals surface area contributed by atoms with Crippen molar-refractivity contribution in [3.63, 3.8) is 0 Å². The first-order valence-electron chi connectivity index (χ1n) is 4.40. The SMILES string of the molecule is CCN1CCC(CON)CC1. The molecule has 0 aromatic heterocycles. The van der Waals surface area contributed by atoms with Crippen molar-refractivity contribution in [2.24, 2.45) is 11.8 Å². The Labute approximate surface area is 68.5 Å². The lowest BCUT2D eigenvalue weighted by Crippen LogP contribution is -2.35. The lowest BCUT2D eigenvalue weighted by atomic mass is 9.98. The second-order valence-electron chi connectivity index (χ2n) is 3.21. The summed E-state index contributed by atoms with van der Waals surface area (Å²) in [4.78, 5) is 7.10. The molecule has 1 saturated heterocycles. The third kappa shape index (κ3) is 2.77. The highest BCUT2D eigenvalue weighted by Crippen LogP contribution is 2.16. The topological polar surface area (TPSA) is 38.5 Å². The van der Waals surface area contributed by atoms with Crippen molar-refractivity contribution >= 4 is 0 Å². The summed E-state index contributed by atoms with van der Waals surface area (Å²) in [7, 11) is 0. The molecule has 0 aromatic carbocycles. The van der Waals surface area contributed by atoms with Crippen molar-refractivity contribution < 1.29 is 4.84 Å². The van der Waals surface area contributed by atoms with Gasteiger partial charge in [0.05, 0.1) is 6.61 Å². The van der Waals surface area contributed by atoms with Crippen LogP contribution in [0.3, 0.4) is 0 Å². The molecule has 0 amide bonds. The first-order chi connectivity index (χ1) is 5.36. The van der Waals surface area contributed by atoms with Gasteiger partial charge in [-0.15, -0.1) is 0 Å². The van der Waals surface area contributed by atoms with Crippen molar-refractivity contribution in [1.82, 2.24) is 4.90 Å². The largest absolute Gasteiger partial charge is 0.304 e. The molecular formula is C8H18N2O. The van der Waals surface area contributed by atoms with E-state index in [1.54, 1.807) is 0 Å². The van der Waals surface area contributed by atoms with Crippen LogP contribution in [0.15, 0.2) is 0 Å². The van der Waals surface area contributed by atoms with Gasteiger partial charge in [-0.25, -0.2) is 5.90 Å². The predicted octanol–water partition coefficient (Wildman–Crippen LogP) is 0.609. The highest BCUT2D eigenvalue weighted by Gasteiger charge is 2.17. The standard InChI is InChI=1S/C8H18N2O/c1-2-10-5-3-8(4-6-10)7-11-9/h8H,2-7,9H2,1H3. The summed E-state index contributed by atoms with van der Waals surface area (Å²) in [5.74, 6) is 5.71. The highest BCUT2D eigenvalue weighted by molar-refractivity contribution is 4.70. The maximum absolute atomic E-state index is 5.01. The molecule has 1 aliphatic heterocycles. The minimum Gasteiger partial charge on any atom is -0.304 e. The predicted molar refractivity (Wildman–Crippen MR) is 45.0 cm³/mol. The number of hydrogen-bond donors (Lipinski definition) is 1. The van der Waals surface area contributed by atoms with Crippen LogP contribution in [-0.2, 0) is 4.84 Å². The van der Waals surface area contributed by atoms with Crippen LogP contribution in [0.4, 0.5) is 0 Å². The second kappa shape index (κ2) is 4.70. The fourth-order valence-electron chi connectivity index (χ4n) is 1.61. The van der Waals surface area contributed by atoms with Crippen LogP contribution in [-0.4, -0.2) is 31.1 Å². The lowest BCUT2D eigenvalue weighted by Gasteiger charge is -2.30. The minimum atomic E-state index is 0.697. The van der Waals surface area contributed by atoms with Gasteiger partial charge < -0.3 is 9.74 Å². The van der Waals surface area contributed by atoms with Crippen molar-refractivity contribution in [3.05, 3.63) is 0 Å². The Balaban J connectivity index is 2.14. The molecule has 1 fully saturated rings. The molecule has 1 aliphatic rings. The third-order valence-electron chi connectivity index (χ3n) is 2.49. The summed E-state index contributed by atoms with van der Waals surface area (Å²) in [6.07, 6.45) is 2.48. The van der Waals surface area contributed by atoms with E-state index < -0.39 is 0 Å². The molecular weight excluding hydrogens is 140 g/mol. The van der Waals surface area contributed by atoms with Gasteiger partial charge in [0.1, 0.15) is 0 Å². The Morgan fingerprint density at radius 2 is 2.09 bits per heavy atom. The zero-order valence-corrected chi connectivity index (χ0v) is 7.25. The van der Waals surface area contributed by atoms with Crippen LogP contribution in [0, 0.1) is 5.92 Å². The normalized spacial score (nSPS) is 22.4. The fourth-order valence-corrected chi connectivity index (χ4v) is 1.61. The molecule has 0 aliphatic carbocycles. The summed E-state index contributed by atoms with van der Waals surface area (Å²) >= 11 is 0. The van der Waals surface area contributed by atoms with Crippen LogP contribution >= 0.6 is 0 Å². The van der Waals surface area contributed by atoms with Crippen LogP contribution in [0.5, 0.6) is 0 Å². The van der Waals surface area contributed by atoms with Crippen molar-refractivity contribution in [2.75, 3.05) is 26.2 Å². The van der Waals surface area contributed by atoms with Crippen LogP contribution < -0.4 is 5.90 Å².